The van der Waals surface area contributed by atoms with Crippen molar-refractivity contribution < 1.29 is 9.53 Å². The van der Waals surface area contributed by atoms with Gasteiger partial charge in [0, 0.05) is 26.2 Å². The van der Waals surface area contributed by atoms with Crippen molar-refractivity contribution >= 4 is 5.91 Å². The first kappa shape index (κ1) is 16.7. The Kier molecular flexibility index (Phi) is 6.45. The molecule has 0 aromatic heterocycles. The summed E-state index contributed by atoms with van der Waals surface area (Å²) in [6, 6.07) is 0. The van der Waals surface area contributed by atoms with Crippen LogP contribution in [0.25, 0.3) is 0 Å². The average molecular weight is 297 g/mol. The first-order valence-electron chi connectivity index (χ1n) is 8.38. The number of piperidine rings is 1. The molecule has 0 aromatic rings. The molecule has 5 heteroatoms. The Hall–Kier alpha value is -0.650. The lowest BCUT2D eigenvalue weighted by molar-refractivity contribution is -0.131. The minimum absolute atomic E-state index is 0.242. The highest BCUT2D eigenvalue weighted by molar-refractivity contribution is 5.78. The summed E-state index contributed by atoms with van der Waals surface area (Å²) in [5, 5.41) is 2.94. The van der Waals surface area contributed by atoms with Gasteiger partial charge in [-0.25, -0.2) is 0 Å². The molecule has 0 saturated carbocycles. The second kappa shape index (κ2) is 8.11. The fraction of sp³-hybridized carbons (Fsp3) is 0.938. The summed E-state index contributed by atoms with van der Waals surface area (Å²) in [6.07, 6.45) is 4.29. The number of carbonyl (C=O) groups excluding carboxylic acids is 1. The van der Waals surface area contributed by atoms with Gasteiger partial charge in [-0.2, -0.15) is 0 Å². The van der Waals surface area contributed by atoms with Gasteiger partial charge in [-0.05, 0) is 52.6 Å². The van der Waals surface area contributed by atoms with Crippen LogP contribution in [-0.4, -0.2) is 74.2 Å². The van der Waals surface area contributed by atoms with Crippen LogP contribution in [0.1, 0.15) is 33.1 Å². The van der Waals surface area contributed by atoms with E-state index in [2.05, 4.69) is 24.1 Å². The number of likely N-dealkylation sites (tertiary alicyclic amines) is 1. The van der Waals surface area contributed by atoms with Crippen molar-refractivity contribution in [1.29, 1.82) is 0 Å². The monoisotopic (exact) mass is 297 g/mol. The molecular weight excluding hydrogens is 266 g/mol. The molecule has 2 aliphatic rings. The summed E-state index contributed by atoms with van der Waals surface area (Å²) in [5.41, 5.74) is 0. The molecule has 0 aromatic carbocycles. The van der Waals surface area contributed by atoms with E-state index < -0.39 is 0 Å². The Balaban J connectivity index is 1.66. The number of morpholine rings is 1. The Morgan fingerprint density at radius 3 is 2.38 bits per heavy atom. The number of nitrogens with zero attached hydrogens (tertiary/aromatic N) is 2. The van der Waals surface area contributed by atoms with Gasteiger partial charge in [-0.1, -0.05) is 0 Å². The van der Waals surface area contributed by atoms with Crippen LogP contribution in [-0.2, 0) is 9.53 Å². The molecule has 1 amide bonds. The van der Waals surface area contributed by atoms with Crippen molar-refractivity contribution in [2.75, 3.05) is 46.3 Å². The lowest BCUT2D eigenvalue weighted by atomic mass is 9.93. The summed E-state index contributed by atoms with van der Waals surface area (Å²) < 4.78 is 5.78. The number of ether oxygens (including phenoxy) is 1. The lowest BCUT2D eigenvalue weighted by Crippen LogP contribution is -2.46. The number of hydrogen-bond donors (Lipinski definition) is 1. The molecule has 2 rings (SSSR count). The van der Waals surface area contributed by atoms with E-state index in [1.807, 2.05) is 11.9 Å². The Morgan fingerprint density at radius 1 is 1.19 bits per heavy atom. The largest absolute Gasteiger partial charge is 0.373 e. The van der Waals surface area contributed by atoms with Crippen molar-refractivity contribution in [2.45, 2.75) is 45.3 Å². The normalized spacial score (nSPS) is 28.8. The molecule has 0 spiro atoms. The van der Waals surface area contributed by atoms with Gasteiger partial charge < -0.3 is 15.0 Å². The highest BCUT2D eigenvalue weighted by Crippen LogP contribution is 2.22. The molecule has 2 atom stereocenters. The van der Waals surface area contributed by atoms with Crippen LogP contribution in [0.5, 0.6) is 0 Å². The first-order chi connectivity index (χ1) is 10.1. The zero-order chi connectivity index (χ0) is 15.2. The zero-order valence-electron chi connectivity index (χ0n) is 13.8. The maximum atomic E-state index is 11.8. The Morgan fingerprint density at radius 2 is 1.81 bits per heavy atom. The van der Waals surface area contributed by atoms with Crippen molar-refractivity contribution in [2.24, 2.45) is 5.92 Å². The molecule has 0 radical (unpaired) electrons. The van der Waals surface area contributed by atoms with Crippen LogP contribution in [0.4, 0.5) is 0 Å². The van der Waals surface area contributed by atoms with E-state index in [9.17, 15) is 4.79 Å². The minimum atomic E-state index is 0.242. The molecule has 2 heterocycles. The smallest absolute Gasteiger partial charge is 0.236 e. The van der Waals surface area contributed by atoms with E-state index in [0.717, 1.165) is 44.9 Å². The molecule has 0 aliphatic carbocycles. The molecule has 2 aliphatic heterocycles. The molecule has 21 heavy (non-hydrogen) atoms. The predicted molar refractivity (Wildman–Crippen MR) is 84.3 cm³/mol. The van der Waals surface area contributed by atoms with E-state index in [1.54, 1.807) is 0 Å². The summed E-state index contributed by atoms with van der Waals surface area (Å²) in [7, 11) is 1.83. The van der Waals surface area contributed by atoms with Gasteiger partial charge in [0.25, 0.3) is 0 Å². The molecule has 2 fully saturated rings. The Bertz CT molecular complexity index is 319. The molecule has 5 nitrogen and oxygen atoms in total. The SMILES string of the molecule is CNCC(=O)N1CCC(CCN2CC(C)OC(C)C2)CC1. The van der Waals surface area contributed by atoms with Gasteiger partial charge in [0.1, 0.15) is 0 Å². The maximum Gasteiger partial charge on any atom is 0.236 e. The average Bonchev–Trinajstić information content (AvgIpc) is 2.45. The standard InChI is InChI=1S/C16H31N3O2/c1-13-11-18(12-14(2)21-13)7-4-15-5-8-19(9-6-15)16(20)10-17-3/h13-15,17H,4-12H2,1-3H3. The van der Waals surface area contributed by atoms with Crippen molar-refractivity contribution in [3.8, 4) is 0 Å². The summed E-state index contributed by atoms with van der Waals surface area (Å²) in [4.78, 5) is 16.4. The molecule has 2 saturated heterocycles. The number of carbonyl (C=O) groups is 1. The summed E-state index contributed by atoms with van der Waals surface area (Å²) in [6.45, 7) is 9.94. The van der Waals surface area contributed by atoms with Gasteiger partial charge in [-0.15, -0.1) is 0 Å². The maximum absolute atomic E-state index is 11.8. The van der Waals surface area contributed by atoms with Crippen LogP contribution in [0.15, 0.2) is 0 Å². The number of hydrogen-bond acceptors (Lipinski definition) is 4. The zero-order valence-corrected chi connectivity index (χ0v) is 13.8. The second-order valence-corrected chi connectivity index (χ2v) is 6.66. The Labute approximate surface area is 129 Å². The molecule has 1 N–H and O–H groups in total. The minimum Gasteiger partial charge on any atom is -0.373 e. The van der Waals surface area contributed by atoms with Crippen molar-refractivity contribution in [3.63, 3.8) is 0 Å². The van der Waals surface area contributed by atoms with Crippen LogP contribution < -0.4 is 5.32 Å². The predicted octanol–water partition coefficient (Wildman–Crippen LogP) is 0.944. The van der Waals surface area contributed by atoms with E-state index in [-0.39, 0.29) is 5.91 Å². The highest BCUT2D eigenvalue weighted by Gasteiger charge is 2.25. The summed E-state index contributed by atoms with van der Waals surface area (Å²) in [5.74, 6) is 1.02. The molecule has 122 valence electrons. The van der Waals surface area contributed by atoms with Gasteiger partial charge in [0.05, 0.1) is 18.8 Å². The number of rotatable bonds is 5. The number of amides is 1. The third-order valence-electron chi connectivity index (χ3n) is 4.64. The summed E-state index contributed by atoms with van der Waals surface area (Å²) >= 11 is 0. The fourth-order valence-corrected chi connectivity index (χ4v) is 3.57. The van der Waals surface area contributed by atoms with Crippen LogP contribution >= 0.6 is 0 Å². The van der Waals surface area contributed by atoms with Gasteiger partial charge in [0.15, 0.2) is 0 Å². The first-order valence-corrected chi connectivity index (χ1v) is 8.38. The molecule has 0 bridgehead atoms. The van der Waals surface area contributed by atoms with Gasteiger partial charge in [-0.3, -0.25) is 9.69 Å². The van der Waals surface area contributed by atoms with Crippen LogP contribution in [0.3, 0.4) is 0 Å². The third kappa shape index (κ3) is 5.24. The third-order valence-corrected chi connectivity index (χ3v) is 4.64. The van der Waals surface area contributed by atoms with Crippen molar-refractivity contribution in [3.05, 3.63) is 0 Å². The number of nitrogens with one attached hydrogen (secondary N) is 1. The lowest BCUT2D eigenvalue weighted by Gasteiger charge is -2.37. The van der Waals surface area contributed by atoms with Crippen LogP contribution in [0, 0.1) is 5.92 Å². The topological polar surface area (TPSA) is 44.8 Å². The van der Waals surface area contributed by atoms with Gasteiger partial charge in [0.2, 0.25) is 5.91 Å². The van der Waals surface area contributed by atoms with Gasteiger partial charge >= 0.3 is 0 Å². The van der Waals surface area contributed by atoms with Crippen LogP contribution in [0.2, 0.25) is 0 Å². The fourth-order valence-electron chi connectivity index (χ4n) is 3.57. The highest BCUT2D eigenvalue weighted by atomic mass is 16.5. The van der Waals surface area contributed by atoms with E-state index in [1.165, 1.54) is 13.0 Å². The van der Waals surface area contributed by atoms with E-state index in [4.69, 9.17) is 4.74 Å². The number of likely N-dealkylation sites (N-methyl/N-ethyl adjacent to an activating group) is 1. The van der Waals surface area contributed by atoms with Crippen molar-refractivity contribution in [1.82, 2.24) is 15.1 Å². The van der Waals surface area contributed by atoms with E-state index in [0.29, 0.717) is 18.8 Å². The molecule has 2 unspecified atom stereocenters. The second-order valence-electron chi connectivity index (χ2n) is 6.66. The quantitative estimate of drug-likeness (QED) is 0.820. The van der Waals surface area contributed by atoms with E-state index >= 15 is 0 Å². The molecular formula is C16H31N3O2.